The maximum absolute atomic E-state index is 10.5. The van der Waals surface area contributed by atoms with Crippen molar-refractivity contribution in [1.29, 1.82) is 0 Å². The summed E-state index contributed by atoms with van der Waals surface area (Å²) in [6.45, 7) is 1.72. The van der Waals surface area contributed by atoms with E-state index in [0.717, 1.165) is 32.1 Å². The lowest BCUT2D eigenvalue weighted by atomic mass is 10.0. The molecule has 2 N–H and O–H groups in total. The van der Waals surface area contributed by atoms with Crippen molar-refractivity contribution in [3.05, 3.63) is 0 Å². The number of unbranched alkanes of at least 4 members (excludes halogenated alkanes) is 4. The molecule has 0 bridgehead atoms. The van der Waals surface area contributed by atoms with Gasteiger partial charge in [0, 0.05) is 6.42 Å². The molecule has 15 heavy (non-hydrogen) atoms. The van der Waals surface area contributed by atoms with E-state index in [1.54, 1.807) is 6.92 Å². The van der Waals surface area contributed by atoms with Gasteiger partial charge in [-0.05, 0) is 12.8 Å². The van der Waals surface area contributed by atoms with Gasteiger partial charge in [-0.15, -0.1) is 0 Å². The van der Waals surface area contributed by atoms with E-state index in [4.69, 9.17) is 10.2 Å². The van der Waals surface area contributed by atoms with Gasteiger partial charge in [-0.25, -0.2) is 0 Å². The Morgan fingerprint density at radius 2 is 1.53 bits per heavy atom. The second-order valence-electron chi connectivity index (χ2n) is 3.94. The smallest absolute Gasteiger partial charge is 0.306 e. The summed E-state index contributed by atoms with van der Waals surface area (Å²) in [5.41, 5.74) is 0. The number of aliphatic carboxylic acids is 2. The molecule has 1 unspecified atom stereocenters. The minimum absolute atomic E-state index is 0.242. The minimum Gasteiger partial charge on any atom is -0.481 e. The first-order valence-corrected chi connectivity index (χ1v) is 5.48. The van der Waals surface area contributed by atoms with E-state index in [2.05, 4.69) is 0 Å². The van der Waals surface area contributed by atoms with Crippen LogP contribution in [0.4, 0.5) is 0 Å². The average Bonchev–Trinajstić information content (AvgIpc) is 2.15. The maximum atomic E-state index is 10.5. The van der Waals surface area contributed by atoms with Gasteiger partial charge < -0.3 is 10.2 Å². The van der Waals surface area contributed by atoms with E-state index in [1.807, 2.05) is 0 Å². The first-order chi connectivity index (χ1) is 7.04. The maximum Gasteiger partial charge on any atom is 0.306 e. The zero-order chi connectivity index (χ0) is 11.7. The SMILES string of the molecule is CC(CCCCCCCC(=O)O)C(=O)O. The van der Waals surface area contributed by atoms with Gasteiger partial charge in [-0.3, -0.25) is 9.59 Å². The fourth-order valence-corrected chi connectivity index (χ4v) is 1.38. The number of carbonyl (C=O) groups is 2. The lowest BCUT2D eigenvalue weighted by molar-refractivity contribution is -0.141. The Bertz CT molecular complexity index is 201. The summed E-state index contributed by atoms with van der Waals surface area (Å²) in [7, 11) is 0. The zero-order valence-electron chi connectivity index (χ0n) is 9.24. The third-order valence-corrected chi connectivity index (χ3v) is 2.45. The van der Waals surface area contributed by atoms with Gasteiger partial charge in [0.25, 0.3) is 0 Å². The molecule has 0 radical (unpaired) electrons. The number of rotatable bonds is 9. The molecule has 0 aliphatic rings. The van der Waals surface area contributed by atoms with Crippen molar-refractivity contribution in [3.63, 3.8) is 0 Å². The number of hydrogen-bond donors (Lipinski definition) is 2. The second kappa shape index (κ2) is 8.26. The molecule has 0 aliphatic carbocycles. The third-order valence-electron chi connectivity index (χ3n) is 2.45. The molecular weight excluding hydrogens is 196 g/mol. The molecule has 0 saturated carbocycles. The standard InChI is InChI=1S/C11H20O4/c1-9(11(14)15)7-5-3-2-4-6-8-10(12)13/h9H,2-8H2,1H3,(H,12,13)(H,14,15). The summed E-state index contributed by atoms with van der Waals surface area (Å²) in [5.74, 6) is -1.74. The van der Waals surface area contributed by atoms with Gasteiger partial charge in [0.05, 0.1) is 5.92 Å². The molecule has 0 fully saturated rings. The van der Waals surface area contributed by atoms with Gasteiger partial charge in [-0.2, -0.15) is 0 Å². The molecule has 4 nitrogen and oxygen atoms in total. The normalized spacial score (nSPS) is 12.3. The van der Waals surface area contributed by atoms with Crippen molar-refractivity contribution in [1.82, 2.24) is 0 Å². The average molecular weight is 216 g/mol. The summed E-state index contributed by atoms with van der Waals surface area (Å²) in [6, 6.07) is 0. The van der Waals surface area contributed by atoms with Crippen LogP contribution in [-0.4, -0.2) is 22.2 Å². The van der Waals surface area contributed by atoms with Crippen molar-refractivity contribution in [2.75, 3.05) is 0 Å². The Hall–Kier alpha value is -1.06. The first-order valence-electron chi connectivity index (χ1n) is 5.48. The van der Waals surface area contributed by atoms with Crippen molar-refractivity contribution in [3.8, 4) is 0 Å². The molecule has 4 heteroatoms. The highest BCUT2D eigenvalue weighted by Gasteiger charge is 2.09. The topological polar surface area (TPSA) is 74.6 Å². The second-order valence-corrected chi connectivity index (χ2v) is 3.94. The Morgan fingerprint density at radius 3 is 2.07 bits per heavy atom. The van der Waals surface area contributed by atoms with Crippen LogP contribution in [0.3, 0.4) is 0 Å². The molecule has 0 saturated heterocycles. The van der Waals surface area contributed by atoms with Crippen LogP contribution in [0.15, 0.2) is 0 Å². The van der Waals surface area contributed by atoms with Gasteiger partial charge in [-0.1, -0.05) is 32.6 Å². The van der Waals surface area contributed by atoms with Crippen LogP contribution in [0.2, 0.25) is 0 Å². The molecule has 0 heterocycles. The van der Waals surface area contributed by atoms with Crippen LogP contribution in [-0.2, 0) is 9.59 Å². The van der Waals surface area contributed by atoms with Gasteiger partial charge in [0.15, 0.2) is 0 Å². The quantitative estimate of drug-likeness (QED) is 0.581. The van der Waals surface area contributed by atoms with Crippen molar-refractivity contribution in [2.45, 2.75) is 51.9 Å². The highest BCUT2D eigenvalue weighted by Crippen LogP contribution is 2.11. The van der Waals surface area contributed by atoms with Crippen LogP contribution in [0, 0.1) is 5.92 Å². The van der Waals surface area contributed by atoms with Crippen molar-refractivity contribution in [2.24, 2.45) is 5.92 Å². The fourth-order valence-electron chi connectivity index (χ4n) is 1.38. The number of carboxylic acids is 2. The Labute approximate surface area is 90.3 Å². The Morgan fingerprint density at radius 1 is 1.00 bits per heavy atom. The van der Waals surface area contributed by atoms with Crippen LogP contribution in [0.1, 0.15) is 51.9 Å². The molecule has 0 aromatic heterocycles. The summed E-state index contributed by atoms with van der Waals surface area (Å²) in [6.07, 6.45) is 5.52. The molecule has 0 amide bonds. The van der Waals surface area contributed by atoms with Crippen molar-refractivity contribution >= 4 is 11.9 Å². The molecule has 0 aromatic carbocycles. The molecule has 0 rings (SSSR count). The van der Waals surface area contributed by atoms with E-state index >= 15 is 0 Å². The predicted octanol–water partition coefficient (Wildman–Crippen LogP) is 2.52. The third kappa shape index (κ3) is 9.25. The van der Waals surface area contributed by atoms with Gasteiger partial charge in [0.1, 0.15) is 0 Å². The zero-order valence-corrected chi connectivity index (χ0v) is 9.24. The summed E-state index contributed by atoms with van der Waals surface area (Å²) < 4.78 is 0. The van der Waals surface area contributed by atoms with E-state index in [0.29, 0.717) is 6.42 Å². The summed E-state index contributed by atoms with van der Waals surface area (Å²) in [4.78, 5) is 20.7. The van der Waals surface area contributed by atoms with E-state index in [9.17, 15) is 9.59 Å². The number of carboxylic acid groups (broad SMARTS) is 2. The van der Waals surface area contributed by atoms with Gasteiger partial charge in [0.2, 0.25) is 0 Å². The highest BCUT2D eigenvalue weighted by atomic mass is 16.4. The molecule has 0 aliphatic heterocycles. The van der Waals surface area contributed by atoms with E-state index in [1.165, 1.54) is 0 Å². The van der Waals surface area contributed by atoms with Crippen LogP contribution < -0.4 is 0 Å². The van der Waals surface area contributed by atoms with Crippen LogP contribution in [0.25, 0.3) is 0 Å². The van der Waals surface area contributed by atoms with Crippen molar-refractivity contribution < 1.29 is 19.8 Å². The summed E-state index contributed by atoms with van der Waals surface area (Å²) in [5, 5.41) is 17.0. The minimum atomic E-state index is -0.741. The molecule has 88 valence electrons. The van der Waals surface area contributed by atoms with Gasteiger partial charge >= 0.3 is 11.9 Å². The largest absolute Gasteiger partial charge is 0.481 e. The number of hydrogen-bond acceptors (Lipinski definition) is 2. The lowest BCUT2D eigenvalue weighted by Crippen LogP contribution is -2.08. The Kier molecular flexibility index (Phi) is 7.68. The molecular formula is C11H20O4. The molecule has 1 atom stereocenters. The lowest BCUT2D eigenvalue weighted by Gasteiger charge is -2.05. The van der Waals surface area contributed by atoms with E-state index < -0.39 is 11.9 Å². The Balaban J connectivity index is 3.18. The molecule has 0 aromatic rings. The monoisotopic (exact) mass is 216 g/mol. The fraction of sp³-hybridized carbons (Fsp3) is 0.818. The highest BCUT2D eigenvalue weighted by molar-refractivity contribution is 5.69. The van der Waals surface area contributed by atoms with Crippen LogP contribution >= 0.6 is 0 Å². The predicted molar refractivity (Wildman–Crippen MR) is 56.8 cm³/mol. The van der Waals surface area contributed by atoms with Crippen LogP contribution in [0.5, 0.6) is 0 Å². The molecule has 0 spiro atoms. The first kappa shape index (κ1) is 13.9. The summed E-state index contributed by atoms with van der Waals surface area (Å²) >= 11 is 0. The van der Waals surface area contributed by atoms with E-state index in [-0.39, 0.29) is 12.3 Å².